The molecule has 0 aromatic heterocycles. The van der Waals surface area contributed by atoms with Crippen molar-refractivity contribution in [3.63, 3.8) is 0 Å². The smallest absolute Gasteiger partial charge is 0.0537 e. The molecule has 0 saturated carbocycles. The molecule has 0 amide bonds. The van der Waals surface area contributed by atoms with Crippen LogP contribution in [-0.4, -0.2) is 36.2 Å². The van der Waals surface area contributed by atoms with Crippen molar-refractivity contribution in [2.24, 2.45) is 0 Å². The maximum absolute atomic E-state index is 9.91. The van der Waals surface area contributed by atoms with Crippen LogP contribution in [0.4, 0.5) is 0 Å². The fourth-order valence-electron chi connectivity index (χ4n) is 2.60. The second-order valence-electron chi connectivity index (χ2n) is 6.07. The molecule has 1 N–H and O–H groups in total. The molecule has 0 bridgehead atoms. The van der Waals surface area contributed by atoms with Crippen molar-refractivity contribution in [1.82, 2.24) is 4.90 Å². The Balaban J connectivity index is 2.75. The molecule has 0 aliphatic heterocycles. The summed E-state index contributed by atoms with van der Waals surface area (Å²) in [5.41, 5.74) is 1.07. The maximum atomic E-state index is 9.91. The average molecular weight is 277 g/mol. The highest BCUT2D eigenvalue weighted by molar-refractivity contribution is 5.25. The van der Waals surface area contributed by atoms with Gasteiger partial charge in [-0.05, 0) is 31.5 Å². The Morgan fingerprint density at radius 3 is 2.00 bits per heavy atom. The van der Waals surface area contributed by atoms with Gasteiger partial charge in [0.2, 0.25) is 0 Å². The fourth-order valence-corrected chi connectivity index (χ4v) is 2.60. The number of benzene rings is 1. The Labute approximate surface area is 124 Å². The van der Waals surface area contributed by atoms with Gasteiger partial charge < -0.3 is 10.0 Å². The Morgan fingerprint density at radius 2 is 1.55 bits per heavy atom. The lowest BCUT2D eigenvalue weighted by molar-refractivity contribution is 0.141. The molecule has 1 aromatic rings. The van der Waals surface area contributed by atoms with Gasteiger partial charge in [-0.1, -0.05) is 63.9 Å². The summed E-state index contributed by atoms with van der Waals surface area (Å²) in [5.74, 6) is 0. The highest BCUT2D eigenvalue weighted by Crippen LogP contribution is 2.24. The largest absolute Gasteiger partial charge is 0.395 e. The molecule has 0 aliphatic rings. The zero-order valence-electron chi connectivity index (χ0n) is 13.4. The highest BCUT2D eigenvalue weighted by Gasteiger charge is 2.28. The molecule has 2 heteroatoms. The van der Waals surface area contributed by atoms with Gasteiger partial charge in [0.05, 0.1) is 6.61 Å². The number of unbranched alkanes of at least 4 members (excludes halogenated alkanes) is 2. The first kappa shape index (κ1) is 17.2. The maximum Gasteiger partial charge on any atom is 0.0537 e. The van der Waals surface area contributed by atoms with Gasteiger partial charge in [0.1, 0.15) is 0 Å². The minimum atomic E-state index is -0.164. The number of aliphatic hydroxyl groups is 1. The van der Waals surface area contributed by atoms with Crippen molar-refractivity contribution in [2.75, 3.05) is 26.2 Å². The second kappa shape index (κ2) is 9.15. The van der Waals surface area contributed by atoms with Gasteiger partial charge in [-0.3, -0.25) is 0 Å². The predicted octanol–water partition coefficient (Wildman–Crippen LogP) is 3.84. The Bertz CT molecular complexity index is 344. The molecule has 0 heterocycles. The third kappa shape index (κ3) is 5.26. The van der Waals surface area contributed by atoms with E-state index in [0.717, 1.165) is 19.6 Å². The zero-order chi connectivity index (χ0) is 14.8. The van der Waals surface area contributed by atoms with Crippen molar-refractivity contribution in [2.45, 2.75) is 51.9 Å². The molecule has 1 atom stereocenters. The van der Waals surface area contributed by atoms with Gasteiger partial charge in [0.15, 0.2) is 0 Å². The molecule has 0 aliphatic carbocycles. The van der Waals surface area contributed by atoms with Gasteiger partial charge in [0, 0.05) is 12.0 Å². The SMILES string of the molecule is CCCCN(CCCC)CC(C)(CO)c1ccccc1. The summed E-state index contributed by atoms with van der Waals surface area (Å²) in [4.78, 5) is 2.52. The Hall–Kier alpha value is -0.860. The van der Waals surface area contributed by atoms with E-state index in [4.69, 9.17) is 0 Å². The zero-order valence-corrected chi connectivity index (χ0v) is 13.4. The standard InChI is InChI=1S/C18H31NO/c1-4-6-13-19(14-7-5-2)15-18(3,16-20)17-11-9-8-10-12-17/h8-12,20H,4-7,13-16H2,1-3H3. The molecular formula is C18H31NO. The van der Waals surface area contributed by atoms with E-state index in [-0.39, 0.29) is 12.0 Å². The summed E-state index contributed by atoms with van der Waals surface area (Å²) in [6.45, 7) is 10.1. The molecular weight excluding hydrogens is 246 g/mol. The third-order valence-corrected chi connectivity index (χ3v) is 4.05. The fraction of sp³-hybridized carbons (Fsp3) is 0.667. The van der Waals surface area contributed by atoms with Gasteiger partial charge in [-0.25, -0.2) is 0 Å². The van der Waals surface area contributed by atoms with E-state index in [1.54, 1.807) is 0 Å². The molecule has 1 aromatic carbocycles. The van der Waals surface area contributed by atoms with E-state index in [0.29, 0.717) is 0 Å². The normalized spacial score (nSPS) is 14.4. The molecule has 0 fully saturated rings. The van der Waals surface area contributed by atoms with Gasteiger partial charge in [0.25, 0.3) is 0 Å². The highest BCUT2D eigenvalue weighted by atomic mass is 16.3. The van der Waals surface area contributed by atoms with Crippen molar-refractivity contribution in [3.05, 3.63) is 35.9 Å². The van der Waals surface area contributed by atoms with E-state index in [9.17, 15) is 5.11 Å². The monoisotopic (exact) mass is 277 g/mol. The third-order valence-electron chi connectivity index (χ3n) is 4.05. The average Bonchev–Trinajstić information content (AvgIpc) is 2.50. The molecule has 0 spiro atoms. The quantitative estimate of drug-likeness (QED) is 0.702. The number of hydrogen-bond acceptors (Lipinski definition) is 2. The summed E-state index contributed by atoms with van der Waals surface area (Å²) in [6, 6.07) is 10.4. The summed E-state index contributed by atoms with van der Waals surface area (Å²) < 4.78 is 0. The van der Waals surface area contributed by atoms with Crippen LogP contribution in [0.1, 0.15) is 52.0 Å². The van der Waals surface area contributed by atoms with Gasteiger partial charge in [-0.15, -0.1) is 0 Å². The molecule has 0 radical (unpaired) electrons. The van der Waals surface area contributed by atoms with Crippen LogP contribution >= 0.6 is 0 Å². The van der Waals surface area contributed by atoms with Crippen LogP contribution in [0, 0.1) is 0 Å². The van der Waals surface area contributed by atoms with Crippen LogP contribution in [0.3, 0.4) is 0 Å². The first-order chi connectivity index (χ1) is 9.66. The lowest BCUT2D eigenvalue weighted by Gasteiger charge is -2.35. The van der Waals surface area contributed by atoms with Crippen LogP contribution in [0.15, 0.2) is 30.3 Å². The number of rotatable bonds is 10. The first-order valence-corrected chi connectivity index (χ1v) is 8.05. The second-order valence-corrected chi connectivity index (χ2v) is 6.07. The lowest BCUT2D eigenvalue weighted by Crippen LogP contribution is -2.42. The summed E-state index contributed by atoms with van der Waals surface area (Å²) in [6.07, 6.45) is 4.92. The van der Waals surface area contributed by atoms with Crippen molar-refractivity contribution in [1.29, 1.82) is 0 Å². The molecule has 0 saturated heterocycles. The first-order valence-electron chi connectivity index (χ1n) is 8.05. The van der Waals surface area contributed by atoms with E-state index in [1.807, 2.05) is 6.07 Å². The number of hydrogen-bond donors (Lipinski definition) is 1. The van der Waals surface area contributed by atoms with E-state index < -0.39 is 0 Å². The van der Waals surface area contributed by atoms with Crippen molar-refractivity contribution in [3.8, 4) is 0 Å². The van der Waals surface area contributed by atoms with Crippen molar-refractivity contribution >= 4 is 0 Å². The summed E-state index contributed by atoms with van der Waals surface area (Å²) >= 11 is 0. The Kier molecular flexibility index (Phi) is 7.86. The van der Waals surface area contributed by atoms with Crippen LogP contribution in [0.5, 0.6) is 0 Å². The van der Waals surface area contributed by atoms with Crippen LogP contribution in [0.25, 0.3) is 0 Å². The van der Waals surface area contributed by atoms with E-state index in [1.165, 1.54) is 31.2 Å². The van der Waals surface area contributed by atoms with Crippen LogP contribution < -0.4 is 0 Å². The minimum Gasteiger partial charge on any atom is -0.395 e. The van der Waals surface area contributed by atoms with E-state index >= 15 is 0 Å². The molecule has 2 nitrogen and oxygen atoms in total. The lowest BCUT2D eigenvalue weighted by atomic mass is 9.82. The summed E-state index contributed by atoms with van der Waals surface area (Å²) in [7, 11) is 0. The Morgan fingerprint density at radius 1 is 1.00 bits per heavy atom. The summed E-state index contributed by atoms with van der Waals surface area (Å²) in [5, 5.41) is 9.91. The van der Waals surface area contributed by atoms with Crippen molar-refractivity contribution < 1.29 is 5.11 Å². The molecule has 114 valence electrons. The number of nitrogens with zero attached hydrogens (tertiary/aromatic N) is 1. The molecule has 20 heavy (non-hydrogen) atoms. The molecule has 1 unspecified atom stereocenters. The molecule has 1 rings (SSSR count). The minimum absolute atomic E-state index is 0.164. The predicted molar refractivity (Wildman–Crippen MR) is 87.1 cm³/mol. The topological polar surface area (TPSA) is 23.5 Å². The van der Waals surface area contributed by atoms with Gasteiger partial charge in [-0.2, -0.15) is 0 Å². The van der Waals surface area contributed by atoms with Crippen LogP contribution in [0.2, 0.25) is 0 Å². The van der Waals surface area contributed by atoms with Gasteiger partial charge >= 0.3 is 0 Å². The van der Waals surface area contributed by atoms with Crippen LogP contribution in [-0.2, 0) is 5.41 Å². The number of aliphatic hydroxyl groups excluding tert-OH is 1. The van der Waals surface area contributed by atoms with E-state index in [2.05, 4.69) is 49.9 Å².